The Balaban J connectivity index is 0.00000180. The van der Waals surface area contributed by atoms with Gasteiger partial charge in [0.15, 0.2) is 0 Å². The molecule has 0 aliphatic carbocycles. The Labute approximate surface area is 132 Å². The molecule has 1 aromatic rings. The van der Waals surface area contributed by atoms with Crippen molar-refractivity contribution in [1.29, 1.82) is 0 Å². The van der Waals surface area contributed by atoms with E-state index in [1.807, 2.05) is 11.8 Å². The topological polar surface area (TPSA) is 72.1 Å². The minimum atomic E-state index is -0.00998. The number of halogens is 2. The summed E-state index contributed by atoms with van der Waals surface area (Å²) in [5.74, 6) is 0.523. The zero-order valence-corrected chi connectivity index (χ0v) is 13.3. The van der Waals surface area contributed by atoms with Gasteiger partial charge in [-0.1, -0.05) is 0 Å². The van der Waals surface area contributed by atoms with E-state index >= 15 is 0 Å². The zero-order chi connectivity index (χ0) is 13.0. The van der Waals surface area contributed by atoms with Gasteiger partial charge in [-0.05, 0) is 38.6 Å². The Hall–Kier alpha value is -0.910. The number of aryl methyl sites for hydroxylation is 1. The maximum atomic E-state index is 12.3. The number of amides is 1. The molecule has 2 N–H and O–H groups in total. The van der Waals surface area contributed by atoms with E-state index in [2.05, 4.69) is 9.97 Å². The summed E-state index contributed by atoms with van der Waals surface area (Å²) in [5.41, 5.74) is 6.85. The van der Waals surface area contributed by atoms with Crippen LogP contribution >= 0.6 is 24.8 Å². The molecular weight excluding hydrogens is 299 g/mol. The van der Waals surface area contributed by atoms with Crippen LogP contribution in [0.25, 0.3) is 0 Å². The average Bonchev–Trinajstić information content (AvgIpc) is 2.39. The molecule has 5 nitrogen and oxygen atoms in total. The lowest BCUT2D eigenvalue weighted by atomic mass is 9.95. The van der Waals surface area contributed by atoms with E-state index in [0.29, 0.717) is 18.2 Å². The lowest BCUT2D eigenvalue weighted by Gasteiger charge is -2.32. The highest BCUT2D eigenvalue weighted by atomic mass is 35.5. The number of carbonyl (C=O) groups is 1. The van der Waals surface area contributed by atoms with Crippen molar-refractivity contribution in [1.82, 2.24) is 14.9 Å². The highest BCUT2D eigenvalue weighted by Crippen LogP contribution is 2.20. The van der Waals surface area contributed by atoms with Gasteiger partial charge in [0.05, 0.1) is 11.9 Å². The quantitative estimate of drug-likeness (QED) is 0.922. The third kappa shape index (κ3) is 4.89. The molecule has 7 heteroatoms. The van der Waals surface area contributed by atoms with E-state index in [4.69, 9.17) is 5.73 Å². The molecule has 1 amide bonds. The minimum absolute atomic E-state index is 0. The summed E-state index contributed by atoms with van der Waals surface area (Å²) in [7, 11) is 0. The molecule has 1 aromatic heterocycles. The first-order chi connectivity index (χ1) is 8.70. The summed E-state index contributed by atoms with van der Waals surface area (Å²) in [4.78, 5) is 22.4. The van der Waals surface area contributed by atoms with Crippen LogP contribution in [0.2, 0.25) is 0 Å². The van der Waals surface area contributed by atoms with E-state index < -0.39 is 0 Å². The Morgan fingerprint density at radius 1 is 1.40 bits per heavy atom. The summed E-state index contributed by atoms with van der Waals surface area (Å²) in [5, 5.41) is 0. The van der Waals surface area contributed by atoms with Crippen molar-refractivity contribution in [2.24, 2.45) is 11.7 Å². The summed E-state index contributed by atoms with van der Waals surface area (Å²) in [6, 6.07) is 0. The van der Waals surface area contributed by atoms with Crippen molar-refractivity contribution >= 4 is 30.7 Å². The van der Waals surface area contributed by atoms with Crippen molar-refractivity contribution in [3.05, 3.63) is 23.8 Å². The highest BCUT2D eigenvalue weighted by Gasteiger charge is 2.24. The monoisotopic (exact) mass is 320 g/mol. The van der Waals surface area contributed by atoms with Crippen molar-refractivity contribution in [3.63, 3.8) is 0 Å². The van der Waals surface area contributed by atoms with Gasteiger partial charge in [0.2, 0.25) is 0 Å². The van der Waals surface area contributed by atoms with Crippen LogP contribution in [0.15, 0.2) is 12.4 Å². The predicted molar refractivity (Wildman–Crippen MR) is 83.6 cm³/mol. The lowest BCUT2D eigenvalue weighted by molar-refractivity contribution is 0.0663. The fourth-order valence-electron chi connectivity index (χ4n) is 2.39. The van der Waals surface area contributed by atoms with Crippen molar-refractivity contribution < 1.29 is 4.79 Å². The standard InChI is InChI=1S/C13H20N4O.2ClH/c1-10-7-16-12(8-15-10)13(18)17-6-2-3-11(9-17)4-5-14;;/h7-8,11H,2-6,9,14H2,1H3;2*1H. The van der Waals surface area contributed by atoms with E-state index in [1.165, 1.54) is 6.42 Å². The minimum Gasteiger partial charge on any atom is -0.337 e. The van der Waals surface area contributed by atoms with Crippen molar-refractivity contribution in [2.45, 2.75) is 26.2 Å². The van der Waals surface area contributed by atoms with Gasteiger partial charge >= 0.3 is 0 Å². The maximum Gasteiger partial charge on any atom is 0.274 e. The molecule has 0 saturated carbocycles. The number of piperidine rings is 1. The van der Waals surface area contributed by atoms with E-state index in [-0.39, 0.29) is 30.7 Å². The van der Waals surface area contributed by atoms with Crippen LogP contribution in [-0.2, 0) is 0 Å². The summed E-state index contributed by atoms with van der Waals surface area (Å²) < 4.78 is 0. The van der Waals surface area contributed by atoms with Crippen LogP contribution in [-0.4, -0.2) is 40.4 Å². The maximum absolute atomic E-state index is 12.3. The number of carbonyl (C=O) groups excluding carboxylic acids is 1. The summed E-state index contributed by atoms with van der Waals surface area (Å²) in [6.45, 7) is 4.16. The molecule has 0 radical (unpaired) electrons. The molecule has 1 aliphatic heterocycles. The number of rotatable bonds is 3. The van der Waals surface area contributed by atoms with Crippen LogP contribution in [0, 0.1) is 12.8 Å². The smallest absolute Gasteiger partial charge is 0.274 e. The second-order valence-corrected chi connectivity index (χ2v) is 4.88. The molecule has 2 heterocycles. The van der Waals surface area contributed by atoms with Gasteiger partial charge in [-0.3, -0.25) is 9.78 Å². The largest absolute Gasteiger partial charge is 0.337 e. The van der Waals surface area contributed by atoms with Gasteiger partial charge in [0, 0.05) is 19.3 Å². The molecule has 114 valence electrons. The second kappa shape index (κ2) is 9.10. The predicted octanol–water partition coefficient (Wildman–Crippen LogP) is 1.83. The lowest BCUT2D eigenvalue weighted by Crippen LogP contribution is -2.40. The Kier molecular flexibility index (Phi) is 8.69. The number of aromatic nitrogens is 2. The third-order valence-electron chi connectivity index (χ3n) is 3.38. The second-order valence-electron chi connectivity index (χ2n) is 4.88. The first-order valence-electron chi connectivity index (χ1n) is 6.48. The first kappa shape index (κ1) is 19.1. The number of hydrogen-bond acceptors (Lipinski definition) is 4. The molecule has 0 spiro atoms. The molecule has 2 rings (SSSR count). The van der Waals surface area contributed by atoms with E-state index in [0.717, 1.165) is 31.6 Å². The normalized spacial score (nSPS) is 17.9. The third-order valence-corrected chi connectivity index (χ3v) is 3.38. The molecule has 1 atom stereocenters. The van der Waals surface area contributed by atoms with Gasteiger partial charge in [-0.15, -0.1) is 24.8 Å². The number of nitrogens with zero attached hydrogens (tertiary/aromatic N) is 3. The number of nitrogens with two attached hydrogens (primary N) is 1. The van der Waals surface area contributed by atoms with Gasteiger partial charge in [-0.25, -0.2) is 4.98 Å². The Morgan fingerprint density at radius 3 is 2.75 bits per heavy atom. The SMILES string of the molecule is Cc1cnc(C(=O)N2CCCC(CCN)C2)cn1.Cl.Cl. The fraction of sp³-hybridized carbons (Fsp3) is 0.615. The molecular formula is C13H22Cl2N4O. The van der Waals surface area contributed by atoms with Crippen molar-refractivity contribution in [2.75, 3.05) is 19.6 Å². The van der Waals surface area contributed by atoms with Crippen LogP contribution in [0.1, 0.15) is 35.4 Å². The molecule has 1 unspecified atom stereocenters. The first-order valence-corrected chi connectivity index (χ1v) is 6.48. The zero-order valence-electron chi connectivity index (χ0n) is 11.6. The Bertz CT molecular complexity index is 411. The van der Waals surface area contributed by atoms with Crippen LogP contribution in [0.4, 0.5) is 0 Å². The van der Waals surface area contributed by atoms with Gasteiger partial charge in [0.1, 0.15) is 5.69 Å². The Morgan fingerprint density at radius 2 is 2.15 bits per heavy atom. The summed E-state index contributed by atoms with van der Waals surface area (Å²) in [6.07, 6.45) is 6.40. The summed E-state index contributed by atoms with van der Waals surface area (Å²) >= 11 is 0. The number of likely N-dealkylation sites (tertiary alicyclic amines) is 1. The van der Waals surface area contributed by atoms with Crippen LogP contribution in [0.3, 0.4) is 0 Å². The van der Waals surface area contributed by atoms with E-state index in [9.17, 15) is 4.79 Å². The van der Waals surface area contributed by atoms with Gasteiger partial charge in [0.25, 0.3) is 5.91 Å². The van der Waals surface area contributed by atoms with Gasteiger partial charge < -0.3 is 10.6 Å². The van der Waals surface area contributed by atoms with Gasteiger partial charge in [-0.2, -0.15) is 0 Å². The molecule has 0 aromatic carbocycles. The fourth-order valence-corrected chi connectivity index (χ4v) is 2.39. The molecule has 0 bridgehead atoms. The molecule has 20 heavy (non-hydrogen) atoms. The highest BCUT2D eigenvalue weighted by molar-refractivity contribution is 5.92. The molecule has 1 saturated heterocycles. The number of hydrogen-bond donors (Lipinski definition) is 1. The van der Waals surface area contributed by atoms with Crippen LogP contribution in [0.5, 0.6) is 0 Å². The van der Waals surface area contributed by atoms with Crippen LogP contribution < -0.4 is 5.73 Å². The van der Waals surface area contributed by atoms with E-state index in [1.54, 1.807) is 12.4 Å². The molecule has 1 fully saturated rings. The van der Waals surface area contributed by atoms with Crippen molar-refractivity contribution in [3.8, 4) is 0 Å². The average molecular weight is 321 g/mol. The molecule has 1 aliphatic rings.